The summed E-state index contributed by atoms with van der Waals surface area (Å²) >= 11 is 0. The first-order valence-corrected chi connectivity index (χ1v) is 9.34. The molecule has 0 heterocycles. The van der Waals surface area contributed by atoms with Crippen molar-refractivity contribution >= 4 is 0 Å². The Hall–Kier alpha value is -2.38. The van der Waals surface area contributed by atoms with Crippen molar-refractivity contribution in [2.45, 2.75) is 44.7 Å². The molecule has 1 aliphatic carbocycles. The zero-order valence-corrected chi connectivity index (χ0v) is 15.0. The average Bonchev–Trinajstić information content (AvgIpc) is 2.62. The van der Waals surface area contributed by atoms with Crippen molar-refractivity contribution in [3.05, 3.63) is 65.5 Å². The molecule has 0 aliphatic heterocycles. The van der Waals surface area contributed by atoms with Gasteiger partial charge in [-0.05, 0) is 60.6 Å². The fraction of sp³-hybridized carbons (Fsp3) is 0.409. The zero-order chi connectivity index (χ0) is 18.2. The van der Waals surface area contributed by atoms with Crippen molar-refractivity contribution in [1.82, 2.24) is 5.32 Å². The van der Waals surface area contributed by atoms with E-state index in [2.05, 4.69) is 17.5 Å². The highest BCUT2D eigenvalue weighted by atomic mass is 19.1. The van der Waals surface area contributed by atoms with Crippen LogP contribution in [0.3, 0.4) is 0 Å². The van der Waals surface area contributed by atoms with Crippen molar-refractivity contribution in [2.75, 3.05) is 6.61 Å². The number of rotatable bonds is 9. The molecule has 1 atom stereocenters. The second-order valence-electron chi connectivity index (χ2n) is 6.86. The summed E-state index contributed by atoms with van der Waals surface area (Å²) in [5, 5.41) is 12.2. The minimum absolute atomic E-state index is 0.192. The predicted molar refractivity (Wildman–Crippen MR) is 100 cm³/mol. The van der Waals surface area contributed by atoms with Crippen molar-refractivity contribution in [1.29, 1.82) is 5.26 Å². The molecule has 2 aromatic carbocycles. The van der Waals surface area contributed by atoms with Crippen LogP contribution in [0.2, 0.25) is 0 Å². The Balaban J connectivity index is 1.60. The molecule has 0 amide bonds. The third-order valence-corrected chi connectivity index (χ3v) is 4.98. The standard InChI is InChI=1S/C22H25FN2O/c23-20-11-9-19(10-12-20)22(18-6-4-7-18)25-16-17-5-3-8-21(15-17)26-14-2-1-13-24/h3,5,8-12,15,18,22,25H,1-2,4,6-7,14,16H2. The van der Waals surface area contributed by atoms with Crippen LogP contribution >= 0.6 is 0 Å². The van der Waals surface area contributed by atoms with E-state index in [0.717, 1.165) is 29.8 Å². The van der Waals surface area contributed by atoms with Gasteiger partial charge in [-0.2, -0.15) is 5.26 Å². The first-order chi connectivity index (χ1) is 12.8. The zero-order valence-electron chi connectivity index (χ0n) is 15.0. The van der Waals surface area contributed by atoms with Gasteiger partial charge in [0.25, 0.3) is 0 Å². The molecule has 1 fully saturated rings. The van der Waals surface area contributed by atoms with Crippen LogP contribution in [0.5, 0.6) is 5.75 Å². The van der Waals surface area contributed by atoms with Gasteiger partial charge < -0.3 is 10.1 Å². The molecule has 0 spiro atoms. The quantitative estimate of drug-likeness (QED) is 0.636. The van der Waals surface area contributed by atoms with Gasteiger partial charge in [-0.1, -0.05) is 30.7 Å². The Morgan fingerprint density at radius 3 is 2.69 bits per heavy atom. The van der Waals surface area contributed by atoms with Gasteiger partial charge in [0.15, 0.2) is 0 Å². The van der Waals surface area contributed by atoms with E-state index in [4.69, 9.17) is 10.00 Å². The lowest BCUT2D eigenvalue weighted by Crippen LogP contribution is -2.31. The van der Waals surface area contributed by atoms with Crippen molar-refractivity contribution < 1.29 is 9.13 Å². The minimum atomic E-state index is -0.192. The van der Waals surface area contributed by atoms with Gasteiger partial charge in [-0.15, -0.1) is 0 Å². The van der Waals surface area contributed by atoms with Crippen LogP contribution < -0.4 is 10.1 Å². The van der Waals surface area contributed by atoms with Gasteiger partial charge in [0, 0.05) is 19.0 Å². The maximum absolute atomic E-state index is 13.2. The smallest absolute Gasteiger partial charge is 0.123 e. The van der Waals surface area contributed by atoms with Crippen LogP contribution in [0.1, 0.15) is 49.3 Å². The molecule has 0 aromatic heterocycles. The number of nitrogens with zero attached hydrogens (tertiary/aromatic N) is 1. The molecular weight excluding hydrogens is 327 g/mol. The van der Waals surface area contributed by atoms with Crippen LogP contribution in [0.4, 0.5) is 4.39 Å². The summed E-state index contributed by atoms with van der Waals surface area (Å²) < 4.78 is 19.0. The summed E-state index contributed by atoms with van der Waals surface area (Å²) in [7, 11) is 0. The van der Waals surface area contributed by atoms with E-state index in [1.165, 1.54) is 19.3 Å². The van der Waals surface area contributed by atoms with Crippen LogP contribution in [-0.2, 0) is 6.54 Å². The molecular formula is C22H25FN2O. The third-order valence-electron chi connectivity index (χ3n) is 4.98. The summed E-state index contributed by atoms with van der Waals surface area (Å²) in [5.74, 6) is 1.26. The fourth-order valence-corrected chi connectivity index (χ4v) is 3.31. The Labute approximate surface area is 154 Å². The van der Waals surface area contributed by atoms with Crippen LogP contribution in [0, 0.1) is 23.1 Å². The molecule has 3 nitrogen and oxygen atoms in total. The summed E-state index contributed by atoms with van der Waals surface area (Å²) in [5.41, 5.74) is 2.31. The number of hydrogen-bond donors (Lipinski definition) is 1. The maximum Gasteiger partial charge on any atom is 0.123 e. The van der Waals surface area contributed by atoms with E-state index in [-0.39, 0.29) is 11.9 Å². The molecule has 1 aliphatic rings. The molecule has 0 bridgehead atoms. The van der Waals surface area contributed by atoms with Crippen molar-refractivity contribution in [3.8, 4) is 11.8 Å². The predicted octanol–water partition coefficient (Wildman–Crippen LogP) is 5.14. The van der Waals surface area contributed by atoms with Gasteiger partial charge in [-0.25, -0.2) is 4.39 Å². The SMILES string of the molecule is N#CCCCOc1cccc(CNC(c2ccc(F)cc2)C2CCC2)c1. The maximum atomic E-state index is 13.2. The Bertz CT molecular complexity index is 735. The van der Waals surface area contributed by atoms with E-state index in [0.29, 0.717) is 18.9 Å². The van der Waals surface area contributed by atoms with Gasteiger partial charge in [0.05, 0.1) is 12.7 Å². The highest BCUT2D eigenvalue weighted by molar-refractivity contribution is 5.29. The lowest BCUT2D eigenvalue weighted by molar-refractivity contribution is 0.229. The number of hydrogen-bond acceptors (Lipinski definition) is 3. The van der Waals surface area contributed by atoms with Gasteiger partial charge in [-0.3, -0.25) is 0 Å². The first-order valence-electron chi connectivity index (χ1n) is 9.34. The number of benzene rings is 2. The normalized spacial score (nSPS) is 15.1. The van der Waals surface area contributed by atoms with E-state index in [1.54, 1.807) is 12.1 Å². The molecule has 0 saturated heterocycles. The molecule has 3 rings (SSSR count). The van der Waals surface area contributed by atoms with Crippen LogP contribution in [0.25, 0.3) is 0 Å². The highest BCUT2D eigenvalue weighted by Crippen LogP contribution is 2.38. The van der Waals surface area contributed by atoms with Crippen molar-refractivity contribution in [2.24, 2.45) is 5.92 Å². The van der Waals surface area contributed by atoms with E-state index in [1.807, 2.05) is 30.3 Å². The second-order valence-corrected chi connectivity index (χ2v) is 6.86. The Morgan fingerprint density at radius 1 is 1.19 bits per heavy atom. The lowest BCUT2D eigenvalue weighted by atomic mass is 9.77. The van der Waals surface area contributed by atoms with Gasteiger partial charge in [0.1, 0.15) is 11.6 Å². The summed E-state index contributed by atoms with van der Waals surface area (Å²) in [4.78, 5) is 0. The molecule has 1 N–H and O–H groups in total. The summed E-state index contributed by atoms with van der Waals surface area (Å²) in [6.07, 6.45) is 4.97. The molecule has 1 unspecified atom stereocenters. The molecule has 136 valence electrons. The van der Waals surface area contributed by atoms with E-state index < -0.39 is 0 Å². The number of ether oxygens (including phenoxy) is 1. The number of nitrogens with one attached hydrogen (secondary N) is 1. The Kier molecular flexibility index (Phi) is 6.62. The number of nitriles is 1. The van der Waals surface area contributed by atoms with Crippen molar-refractivity contribution in [3.63, 3.8) is 0 Å². The van der Waals surface area contributed by atoms with E-state index >= 15 is 0 Å². The molecule has 0 radical (unpaired) electrons. The molecule has 4 heteroatoms. The molecule has 26 heavy (non-hydrogen) atoms. The number of halogens is 1. The summed E-state index contributed by atoms with van der Waals surface area (Å²) in [6.45, 7) is 1.30. The average molecular weight is 352 g/mol. The van der Waals surface area contributed by atoms with Crippen LogP contribution in [0.15, 0.2) is 48.5 Å². The highest BCUT2D eigenvalue weighted by Gasteiger charge is 2.28. The second kappa shape index (κ2) is 9.35. The topological polar surface area (TPSA) is 45.0 Å². The first kappa shape index (κ1) is 18.4. The third kappa shape index (κ3) is 5.06. The lowest BCUT2D eigenvalue weighted by Gasteiger charge is -2.35. The Morgan fingerprint density at radius 2 is 2.00 bits per heavy atom. The largest absolute Gasteiger partial charge is 0.494 e. The minimum Gasteiger partial charge on any atom is -0.494 e. The van der Waals surface area contributed by atoms with Gasteiger partial charge in [0.2, 0.25) is 0 Å². The molecule has 1 saturated carbocycles. The van der Waals surface area contributed by atoms with Gasteiger partial charge >= 0.3 is 0 Å². The molecule has 2 aromatic rings. The number of unbranched alkanes of at least 4 members (excludes halogenated alkanes) is 1. The summed E-state index contributed by atoms with van der Waals surface area (Å²) in [6, 6.07) is 17.3. The van der Waals surface area contributed by atoms with Crippen LogP contribution in [-0.4, -0.2) is 6.61 Å². The fourth-order valence-electron chi connectivity index (χ4n) is 3.31. The van der Waals surface area contributed by atoms with E-state index in [9.17, 15) is 4.39 Å². The monoisotopic (exact) mass is 352 g/mol.